The number of sulfonamides is 1. The third-order valence-electron chi connectivity index (χ3n) is 11.1. The van der Waals surface area contributed by atoms with Crippen molar-refractivity contribution >= 4 is 32.7 Å². The van der Waals surface area contributed by atoms with E-state index in [2.05, 4.69) is 28.2 Å². The van der Waals surface area contributed by atoms with Crippen molar-refractivity contribution in [3.63, 3.8) is 0 Å². The number of carbonyl (C=O) groups excluding carboxylic acids is 1. The minimum Gasteiger partial charge on any atom is -0.381 e. The first kappa shape index (κ1) is 34.3. The largest absolute Gasteiger partial charge is 0.381 e. The van der Waals surface area contributed by atoms with Crippen LogP contribution in [0.15, 0.2) is 46.0 Å². The van der Waals surface area contributed by atoms with Crippen LogP contribution >= 0.6 is 0 Å². The second-order valence-electron chi connectivity index (χ2n) is 14.2. The van der Waals surface area contributed by atoms with Gasteiger partial charge in [0.05, 0.1) is 17.3 Å². The molecule has 1 aliphatic carbocycles. The van der Waals surface area contributed by atoms with Gasteiger partial charge in [-0.25, -0.2) is 17.5 Å². The zero-order valence-corrected chi connectivity index (χ0v) is 30.4. The Balaban J connectivity index is 1.27. The van der Waals surface area contributed by atoms with Crippen LogP contribution < -0.4 is 21.5 Å². The maximum Gasteiger partial charge on any atom is 0.329 e. The molecular weight excluding hydrogens is 657 g/mol. The average molecular weight is 703 g/mol. The van der Waals surface area contributed by atoms with Gasteiger partial charge in [-0.2, -0.15) is 0 Å². The summed E-state index contributed by atoms with van der Waals surface area (Å²) in [5.74, 6) is -0.0214. The molecule has 13 heteroatoms. The monoisotopic (exact) mass is 702 g/mol. The molecule has 2 atom stereocenters. The molecule has 4 aromatic rings. The number of nitrogens with zero attached hydrogens (tertiary/aromatic N) is 4. The molecule has 0 bridgehead atoms. The molecule has 12 nitrogen and oxygen atoms in total. The molecule has 2 unspecified atom stereocenters. The van der Waals surface area contributed by atoms with Crippen molar-refractivity contribution < 1.29 is 17.9 Å². The standard InChI is InChI=1S/C37H46N6O6S/c1-7-42(26-10-12-49-13-11-26)32-17-25(15-27(23(32)4)35(44)38-18-28-21(2)14-22(3)39-36(28)45)24-8-9-31-33(16-24)40(5)37(46)43(31)34-29-19-41(20-30(29)34)50(6,47)48/h8-9,14-17,26,29-30,34H,7,10-13,18-20H2,1-6H3,(H,38,44)(H,39,45). The predicted octanol–water partition coefficient (Wildman–Crippen LogP) is 3.62. The third kappa shape index (κ3) is 5.98. The average Bonchev–Trinajstić information content (AvgIpc) is 3.40. The van der Waals surface area contributed by atoms with Gasteiger partial charge in [0.2, 0.25) is 10.0 Å². The van der Waals surface area contributed by atoms with Crippen molar-refractivity contribution in [3.8, 4) is 11.1 Å². The van der Waals surface area contributed by atoms with Gasteiger partial charge in [-0.05, 0) is 93.1 Å². The summed E-state index contributed by atoms with van der Waals surface area (Å²) in [4.78, 5) is 45.5. The Morgan fingerprint density at radius 1 is 1.00 bits per heavy atom. The summed E-state index contributed by atoms with van der Waals surface area (Å²) in [6, 6.07) is 12.1. The van der Waals surface area contributed by atoms with E-state index in [0.29, 0.717) is 37.4 Å². The molecule has 7 rings (SSSR count). The van der Waals surface area contributed by atoms with Crippen LogP contribution in [0.3, 0.4) is 0 Å². The molecule has 3 fully saturated rings. The Morgan fingerprint density at radius 3 is 2.34 bits per heavy atom. The number of aromatic nitrogens is 3. The van der Waals surface area contributed by atoms with Gasteiger partial charge in [-0.1, -0.05) is 6.07 Å². The highest BCUT2D eigenvalue weighted by molar-refractivity contribution is 7.88. The molecule has 4 heterocycles. The van der Waals surface area contributed by atoms with Crippen molar-refractivity contribution in [3.05, 3.63) is 85.2 Å². The van der Waals surface area contributed by atoms with Crippen LogP contribution in [0.4, 0.5) is 5.69 Å². The van der Waals surface area contributed by atoms with E-state index in [0.717, 1.165) is 64.1 Å². The molecule has 0 radical (unpaired) electrons. The lowest BCUT2D eigenvalue weighted by Gasteiger charge is -2.37. The summed E-state index contributed by atoms with van der Waals surface area (Å²) in [5, 5.41) is 3.01. The first-order chi connectivity index (χ1) is 23.8. The van der Waals surface area contributed by atoms with Gasteiger partial charge in [-0.3, -0.25) is 18.7 Å². The van der Waals surface area contributed by atoms with E-state index >= 15 is 0 Å². The summed E-state index contributed by atoms with van der Waals surface area (Å²) >= 11 is 0. The number of aromatic amines is 1. The predicted molar refractivity (Wildman–Crippen MR) is 194 cm³/mol. The van der Waals surface area contributed by atoms with E-state index in [4.69, 9.17) is 4.74 Å². The first-order valence-corrected chi connectivity index (χ1v) is 19.3. The zero-order chi connectivity index (χ0) is 35.6. The van der Waals surface area contributed by atoms with Crippen molar-refractivity contribution in [2.45, 2.75) is 59.2 Å². The van der Waals surface area contributed by atoms with Gasteiger partial charge in [0.15, 0.2) is 0 Å². The van der Waals surface area contributed by atoms with Crippen LogP contribution in [-0.4, -0.2) is 77.9 Å². The maximum atomic E-state index is 14.0. The maximum absolute atomic E-state index is 14.0. The third-order valence-corrected chi connectivity index (χ3v) is 12.4. The number of fused-ring (bicyclic) bond motifs is 2. The Kier molecular flexibility index (Phi) is 8.80. The van der Waals surface area contributed by atoms with E-state index < -0.39 is 10.0 Å². The molecule has 2 aliphatic heterocycles. The molecule has 2 saturated heterocycles. The number of H-pyrrole nitrogens is 1. The highest BCUT2D eigenvalue weighted by Gasteiger charge is 2.59. The molecule has 1 amide bonds. The molecule has 3 aliphatic rings. The van der Waals surface area contributed by atoms with Gasteiger partial charge in [0.25, 0.3) is 11.5 Å². The number of hydrogen-bond acceptors (Lipinski definition) is 7. The van der Waals surface area contributed by atoms with Gasteiger partial charge >= 0.3 is 5.69 Å². The lowest BCUT2D eigenvalue weighted by atomic mass is 9.95. The van der Waals surface area contributed by atoms with Gasteiger partial charge in [0.1, 0.15) is 0 Å². The van der Waals surface area contributed by atoms with Crippen molar-refractivity contribution in [1.82, 2.24) is 23.7 Å². The number of piperidine rings is 1. The van der Waals surface area contributed by atoms with Gasteiger partial charge in [0, 0.05) is 92.9 Å². The summed E-state index contributed by atoms with van der Waals surface area (Å²) in [6.45, 7) is 10.9. The molecule has 0 spiro atoms. The molecule has 266 valence electrons. The minimum atomic E-state index is -3.26. The zero-order valence-electron chi connectivity index (χ0n) is 29.6. The van der Waals surface area contributed by atoms with Crippen molar-refractivity contribution in [1.29, 1.82) is 0 Å². The lowest BCUT2D eigenvalue weighted by Crippen LogP contribution is -2.40. The molecule has 2 aromatic carbocycles. The van der Waals surface area contributed by atoms with Crippen LogP contribution in [0.2, 0.25) is 0 Å². The number of anilines is 1. The van der Waals surface area contributed by atoms with Crippen LogP contribution in [0.1, 0.15) is 58.5 Å². The Labute approximate surface area is 292 Å². The van der Waals surface area contributed by atoms with Crippen LogP contribution in [0, 0.1) is 32.6 Å². The number of ether oxygens (including phenoxy) is 1. The fraction of sp³-hybridized carbons (Fsp3) is 0.486. The number of hydrogen-bond donors (Lipinski definition) is 2. The number of nitrogens with one attached hydrogen (secondary N) is 2. The second kappa shape index (κ2) is 12.8. The molecule has 2 aromatic heterocycles. The number of aryl methyl sites for hydroxylation is 3. The summed E-state index contributed by atoms with van der Waals surface area (Å²) < 4.78 is 34.9. The summed E-state index contributed by atoms with van der Waals surface area (Å²) in [5.41, 5.74) is 7.44. The molecule has 1 saturated carbocycles. The number of pyridine rings is 1. The van der Waals surface area contributed by atoms with E-state index in [9.17, 15) is 22.8 Å². The number of carbonyl (C=O) groups is 1. The van der Waals surface area contributed by atoms with Gasteiger partial charge < -0.3 is 19.9 Å². The normalized spacial score (nSPS) is 21.0. The van der Waals surface area contributed by atoms with Crippen molar-refractivity contribution in [2.75, 3.05) is 44.0 Å². The Bertz CT molecular complexity index is 2220. The number of rotatable bonds is 9. The Hall–Kier alpha value is -4.20. The van der Waals surface area contributed by atoms with Gasteiger partial charge in [-0.15, -0.1) is 0 Å². The van der Waals surface area contributed by atoms with E-state index in [1.54, 1.807) is 11.6 Å². The second-order valence-corrected chi connectivity index (χ2v) is 16.2. The number of benzene rings is 2. The summed E-state index contributed by atoms with van der Waals surface area (Å²) in [6.07, 6.45) is 3.02. The molecule has 50 heavy (non-hydrogen) atoms. The smallest absolute Gasteiger partial charge is 0.329 e. The fourth-order valence-corrected chi connectivity index (χ4v) is 9.21. The first-order valence-electron chi connectivity index (χ1n) is 17.4. The van der Waals surface area contributed by atoms with E-state index in [1.807, 2.05) is 55.7 Å². The Morgan fingerprint density at radius 2 is 1.70 bits per heavy atom. The SMILES string of the molecule is CCN(c1cc(-c2ccc3c(c2)n(C)c(=O)n3C2C3CN(S(C)(=O)=O)CC32)cc(C(=O)NCc2c(C)cc(C)[nH]c2=O)c1C)C1CCOCC1. The van der Waals surface area contributed by atoms with Crippen LogP contribution in [0.25, 0.3) is 22.2 Å². The molecular formula is C37H46N6O6S. The highest BCUT2D eigenvalue weighted by atomic mass is 32.2. The highest BCUT2D eigenvalue weighted by Crippen LogP contribution is 2.56. The summed E-state index contributed by atoms with van der Waals surface area (Å²) in [7, 11) is -1.49. The number of imidazole rings is 1. The minimum absolute atomic E-state index is 0.0293. The van der Waals surface area contributed by atoms with Crippen molar-refractivity contribution in [2.24, 2.45) is 18.9 Å². The quantitative estimate of drug-likeness (QED) is 0.272. The number of amides is 1. The topological polar surface area (TPSA) is 139 Å². The van der Waals surface area contributed by atoms with Crippen LogP contribution in [0.5, 0.6) is 0 Å². The fourth-order valence-electron chi connectivity index (χ4n) is 8.33. The molecule has 2 N–H and O–H groups in total. The van der Waals surface area contributed by atoms with Crippen LogP contribution in [-0.2, 0) is 28.4 Å². The van der Waals surface area contributed by atoms with E-state index in [1.165, 1.54) is 10.6 Å². The van der Waals surface area contributed by atoms with E-state index in [-0.39, 0.29) is 47.6 Å². The lowest BCUT2D eigenvalue weighted by molar-refractivity contribution is 0.0846.